The molecule has 2 rings (SSSR count). The first kappa shape index (κ1) is 13.0. The van der Waals surface area contributed by atoms with Gasteiger partial charge in [0.25, 0.3) is 0 Å². The van der Waals surface area contributed by atoms with Crippen LogP contribution in [-0.2, 0) is 13.5 Å². The van der Waals surface area contributed by atoms with Crippen LogP contribution in [0, 0.1) is 0 Å². The maximum atomic E-state index is 4.96. The summed E-state index contributed by atoms with van der Waals surface area (Å²) in [6.07, 6.45) is 2.32. The Bertz CT molecular complexity index is 520. The average Bonchev–Trinajstić information content (AvgIpc) is 2.84. The summed E-state index contributed by atoms with van der Waals surface area (Å²) in [4.78, 5) is 16.1. The number of nitrogens with zero attached hydrogens (tertiary/aromatic N) is 6. The Balaban J connectivity index is 1.95. The van der Waals surface area contributed by atoms with Crippen molar-refractivity contribution in [2.24, 2.45) is 7.05 Å². The molecule has 0 amide bonds. The molecule has 0 aromatic carbocycles. The Kier molecular flexibility index (Phi) is 4.06. The number of nitrogens with one attached hydrogen (secondary N) is 1. The lowest BCUT2D eigenvalue weighted by Crippen LogP contribution is -2.11. The summed E-state index contributed by atoms with van der Waals surface area (Å²) in [5.41, 5.74) is 0. The van der Waals surface area contributed by atoms with E-state index in [1.807, 2.05) is 7.05 Å². The molecule has 0 spiro atoms. The van der Waals surface area contributed by atoms with Crippen LogP contribution in [0.4, 0.5) is 5.95 Å². The second-order valence-corrected chi connectivity index (χ2v) is 3.64. The van der Waals surface area contributed by atoms with Gasteiger partial charge < -0.3 is 14.8 Å². The minimum Gasteiger partial charge on any atom is -0.467 e. The predicted molar refractivity (Wildman–Crippen MR) is 66.1 cm³/mol. The van der Waals surface area contributed by atoms with Crippen LogP contribution in [0.25, 0.3) is 0 Å². The number of aromatic nitrogens is 6. The normalized spacial score (nSPS) is 10.3. The van der Waals surface area contributed by atoms with Gasteiger partial charge in [-0.1, -0.05) is 0 Å². The summed E-state index contributed by atoms with van der Waals surface area (Å²) in [6, 6.07) is 0.399. The summed E-state index contributed by atoms with van der Waals surface area (Å²) in [5.74, 6) is 1.14. The van der Waals surface area contributed by atoms with Gasteiger partial charge in [0, 0.05) is 20.0 Å². The Morgan fingerprint density at radius 1 is 1.16 bits per heavy atom. The third-order valence-corrected chi connectivity index (χ3v) is 2.24. The molecule has 2 aromatic heterocycles. The zero-order valence-electron chi connectivity index (χ0n) is 11.0. The van der Waals surface area contributed by atoms with Gasteiger partial charge in [-0.25, -0.2) is 4.98 Å². The van der Waals surface area contributed by atoms with Crippen molar-refractivity contribution in [3.8, 4) is 12.0 Å². The summed E-state index contributed by atoms with van der Waals surface area (Å²) < 4.78 is 11.6. The second-order valence-electron chi connectivity index (χ2n) is 3.64. The molecule has 0 radical (unpaired) electrons. The van der Waals surface area contributed by atoms with Crippen LogP contribution in [0.1, 0.15) is 5.82 Å². The van der Waals surface area contributed by atoms with E-state index in [1.165, 1.54) is 14.2 Å². The maximum absolute atomic E-state index is 4.96. The van der Waals surface area contributed by atoms with E-state index < -0.39 is 0 Å². The van der Waals surface area contributed by atoms with Gasteiger partial charge in [0.05, 0.1) is 14.2 Å². The van der Waals surface area contributed by atoms with Crippen LogP contribution in [0.5, 0.6) is 12.0 Å². The fourth-order valence-electron chi connectivity index (χ4n) is 1.38. The molecular weight excluding hydrogens is 250 g/mol. The average molecular weight is 265 g/mol. The van der Waals surface area contributed by atoms with Gasteiger partial charge in [0.1, 0.15) is 6.33 Å². The third-order valence-electron chi connectivity index (χ3n) is 2.24. The smallest absolute Gasteiger partial charge is 0.324 e. The molecule has 102 valence electrons. The lowest BCUT2D eigenvalue weighted by atomic mass is 10.4. The topological polar surface area (TPSA) is 99.9 Å². The van der Waals surface area contributed by atoms with E-state index in [1.54, 1.807) is 11.0 Å². The zero-order valence-corrected chi connectivity index (χ0v) is 11.0. The SMILES string of the molecule is COc1nc(NCCc2ncn(C)n2)nc(OC)n1. The van der Waals surface area contributed by atoms with Crippen LogP contribution in [-0.4, -0.2) is 50.5 Å². The standard InChI is InChI=1S/C10H15N7O2/c1-17-6-12-7(16-17)4-5-11-8-13-9(18-2)15-10(14-8)19-3/h6H,4-5H2,1-3H3,(H,11,13,14,15). The number of ether oxygens (including phenoxy) is 2. The van der Waals surface area contributed by atoms with Gasteiger partial charge in [0.15, 0.2) is 5.82 Å². The van der Waals surface area contributed by atoms with Crippen molar-refractivity contribution >= 4 is 5.95 Å². The van der Waals surface area contributed by atoms with Crippen LogP contribution >= 0.6 is 0 Å². The van der Waals surface area contributed by atoms with Crippen LogP contribution in [0.15, 0.2) is 6.33 Å². The fraction of sp³-hybridized carbons (Fsp3) is 0.500. The molecule has 0 atom stereocenters. The van der Waals surface area contributed by atoms with E-state index in [0.717, 1.165) is 5.82 Å². The van der Waals surface area contributed by atoms with Crippen LogP contribution in [0.2, 0.25) is 0 Å². The number of methoxy groups -OCH3 is 2. The Labute approximate surface area is 110 Å². The molecule has 9 heteroatoms. The second kappa shape index (κ2) is 5.94. The molecular formula is C10H15N7O2. The number of aryl methyl sites for hydroxylation is 1. The van der Waals surface area contributed by atoms with Gasteiger partial charge >= 0.3 is 12.0 Å². The van der Waals surface area contributed by atoms with E-state index in [-0.39, 0.29) is 12.0 Å². The van der Waals surface area contributed by atoms with Crippen LogP contribution < -0.4 is 14.8 Å². The summed E-state index contributed by atoms with van der Waals surface area (Å²) in [7, 11) is 4.79. The number of rotatable bonds is 6. The fourth-order valence-corrected chi connectivity index (χ4v) is 1.38. The molecule has 0 aliphatic carbocycles. The highest BCUT2D eigenvalue weighted by Crippen LogP contribution is 2.11. The zero-order chi connectivity index (χ0) is 13.7. The number of hydrogen-bond donors (Lipinski definition) is 1. The molecule has 0 saturated carbocycles. The molecule has 0 saturated heterocycles. The van der Waals surface area contributed by atoms with Crippen molar-refractivity contribution in [1.82, 2.24) is 29.7 Å². The monoisotopic (exact) mass is 265 g/mol. The van der Waals surface area contributed by atoms with E-state index in [2.05, 4.69) is 30.4 Å². The van der Waals surface area contributed by atoms with Crippen molar-refractivity contribution in [3.05, 3.63) is 12.2 Å². The highest BCUT2D eigenvalue weighted by atomic mass is 16.5. The van der Waals surface area contributed by atoms with Crippen molar-refractivity contribution in [3.63, 3.8) is 0 Å². The third kappa shape index (κ3) is 3.50. The Morgan fingerprint density at radius 3 is 2.37 bits per heavy atom. The van der Waals surface area contributed by atoms with Gasteiger partial charge in [-0.05, 0) is 0 Å². The Morgan fingerprint density at radius 2 is 1.84 bits per heavy atom. The van der Waals surface area contributed by atoms with Crippen molar-refractivity contribution in [2.75, 3.05) is 26.1 Å². The molecule has 0 fully saturated rings. The van der Waals surface area contributed by atoms with Gasteiger partial charge in [-0.2, -0.15) is 15.1 Å². The first-order chi connectivity index (χ1) is 9.21. The van der Waals surface area contributed by atoms with Gasteiger partial charge in [-0.15, -0.1) is 4.98 Å². The Hall–Kier alpha value is -2.45. The molecule has 0 unspecified atom stereocenters. The lowest BCUT2D eigenvalue weighted by Gasteiger charge is -2.06. The van der Waals surface area contributed by atoms with Crippen molar-refractivity contribution in [2.45, 2.75) is 6.42 Å². The largest absolute Gasteiger partial charge is 0.467 e. The highest BCUT2D eigenvalue weighted by Gasteiger charge is 2.07. The predicted octanol–water partition coefficient (Wildman–Crippen LogP) is -0.328. The van der Waals surface area contributed by atoms with E-state index in [9.17, 15) is 0 Å². The number of hydrogen-bond acceptors (Lipinski definition) is 8. The molecule has 2 heterocycles. The highest BCUT2D eigenvalue weighted by molar-refractivity contribution is 5.27. The lowest BCUT2D eigenvalue weighted by molar-refractivity contribution is 0.341. The van der Waals surface area contributed by atoms with Crippen molar-refractivity contribution in [1.29, 1.82) is 0 Å². The van der Waals surface area contributed by atoms with Gasteiger partial charge in [-0.3, -0.25) is 4.68 Å². The summed E-state index contributed by atoms with van der Waals surface area (Å²) in [6.45, 7) is 0.598. The minimum atomic E-state index is 0.199. The minimum absolute atomic E-state index is 0.199. The van der Waals surface area contributed by atoms with E-state index in [4.69, 9.17) is 9.47 Å². The van der Waals surface area contributed by atoms with Crippen LogP contribution in [0.3, 0.4) is 0 Å². The molecule has 1 N–H and O–H groups in total. The first-order valence-corrected chi connectivity index (χ1v) is 5.63. The molecule has 0 aliphatic rings. The van der Waals surface area contributed by atoms with E-state index >= 15 is 0 Å². The van der Waals surface area contributed by atoms with Gasteiger partial charge in [0.2, 0.25) is 5.95 Å². The summed E-state index contributed by atoms with van der Waals surface area (Å²) >= 11 is 0. The quantitative estimate of drug-likeness (QED) is 0.758. The molecule has 9 nitrogen and oxygen atoms in total. The molecule has 0 aliphatic heterocycles. The first-order valence-electron chi connectivity index (χ1n) is 5.63. The van der Waals surface area contributed by atoms with Crippen molar-refractivity contribution < 1.29 is 9.47 Å². The number of anilines is 1. The van der Waals surface area contributed by atoms with E-state index in [0.29, 0.717) is 18.9 Å². The molecule has 0 bridgehead atoms. The summed E-state index contributed by atoms with van der Waals surface area (Å²) in [5, 5.41) is 7.21. The molecule has 2 aromatic rings. The molecule has 19 heavy (non-hydrogen) atoms. The maximum Gasteiger partial charge on any atom is 0.324 e.